The monoisotopic (exact) mass is 154 g/mol. The van der Waals surface area contributed by atoms with E-state index in [1.807, 2.05) is 0 Å². The van der Waals surface area contributed by atoms with Crippen molar-refractivity contribution in [2.45, 2.75) is 52.1 Å². The van der Waals surface area contributed by atoms with Gasteiger partial charge in [0.05, 0.1) is 11.1 Å². The van der Waals surface area contributed by atoms with E-state index in [0.717, 1.165) is 6.42 Å². The van der Waals surface area contributed by atoms with Crippen molar-refractivity contribution in [1.29, 1.82) is 0 Å². The Bertz CT molecular complexity index is 182. The second-order valence-corrected chi connectivity index (χ2v) is 4.70. The Morgan fingerprint density at radius 1 is 1.09 bits per heavy atom. The molecule has 1 unspecified atom stereocenters. The Hall–Kier alpha value is -0.400. The first-order chi connectivity index (χ1) is 4.86. The normalized spacial score (nSPS) is 35.1. The summed E-state index contributed by atoms with van der Waals surface area (Å²) in [6.45, 7) is 10.9. The van der Waals surface area contributed by atoms with Gasteiger partial charge in [-0.3, -0.25) is 0 Å². The van der Waals surface area contributed by atoms with E-state index in [1.165, 1.54) is 0 Å². The van der Waals surface area contributed by atoms with Crippen molar-refractivity contribution in [3.05, 3.63) is 0 Å². The van der Waals surface area contributed by atoms with Crippen molar-refractivity contribution >= 4 is 0 Å². The zero-order valence-corrected chi connectivity index (χ0v) is 8.18. The number of hydrogen-bond donors (Lipinski definition) is 0. The molecule has 0 fully saturated rings. The van der Waals surface area contributed by atoms with Gasteiger partial charge in [-0.05, 0) is 26.7 Å². The minimum absolute atomic E-state index is 0.0685. The van der Waals surface area contributed by atoms with Gasteiger partial charge >= 0.3 is 0 Å². The topological polar surface area (TPSA) is 24.7 Å². The molecule has 0 saturated carbocycles. The third-order valence-electron chi connectivity index (χ3n) is 2.58. The molecule has 0 amide bonds. The zero-order chi connectivity index (χ0) is 8.70. The lowest BCUT2D eigenvalue weighted by Gasteiger charge is -2.26. The molecule has 2 nitrogen and oxygen atoms in total. The first-order valence-electron chi connectivity index (χ1n) is 4.30. The maximum Gasteiger partial charge on any atom is 0.0834 e. The molecule has 0 saturated heterocycles. The molecule has 11 heavy (non-hydrogen) atoms. The Labute approximate surface area is 69.1 Å². The second kappa shape index (κ2) is 2.29. The van der Waals surface area contributed by atoms with Crippen LogP contribution in [0.1, 0.15) is 41.0 Å². The molecule has 0 aromatic heterocycles. The van der Waals surface area contributed by atoms with Crippen molar-refractivity contribution in [2.24, 2.45) is 16.1 Å². The molecule has 1 aliphatic heterocycles. The molecule has 1 rings (SSSR count). The summed E-state index contributed by atoms with van der Waals surface area (Å²) in [7, 11) is 0. The molecule has 0 N–H and O–H groups in total. The van der Waals surface area contributed by atoms with E-state index >= 15 is 0 Å². The Morgan fingerprint density at radius 3 is 1.82 bits per heavy atom. The molecular weight excluding hydrogens is 136 g/mol. The van der Waals surface area contributed by atoms with Crippen LogP contribution >= 0.6 is 0 Å². The predicted octanol–water partition coefficient (Wildman–Crippen LogP) is 3.04. The van der Waals surface area contributed by atoms with Gasteiger partial charge in [-0.25, -0.2) is 0 Å². The van der Waals surface area contributed by atoms with Gasteiger partial charge in [-0.15, -0.1) is 0 Å². The highest BCUT2D eigenvalue weighted by Gasteiger charge is 2.40. The highest BCUT2D eigenvalue weighted by molar-refractivity contribution is 4.99. The number of hydrogen-bond acceptors (Lipinski definition) is 2. The molecule has 0 spiro atoms. The van der Waals surface area contributed by atoms with Crippen molar-refractivity contribution in [3.8, 4) is 0 Å². The van der Waals surface area contributed by atoms with Crippen LogP contribution in [0, 0.1) is 5.92 Å². The average Bonchev–Trinajstić information content (AvgIpc) is 2.08. The van der Waals surface area contributed by atoms with Crippen LogP contribution in [0.4, 0.5) is 0 Å². The summed E-state index contributed by atoms with van der Waals surface area (Å²) in [6, 6.07) is 0. The van der Waals surface area contributed by atoms with Crippen molar-refractivity contribution in [3.63, 3.8) is 0 Å². The van der Waals surface area contributed by atoms with Crippen molar-refractivity contribution in [1.82, 2.24) is 0 Å². The van der Waals surface area contributed by atoms with E-state index in [2.05, 4.69) is 44.8 Å². The fourth-order valence-electron chi connectivity index (χ4n) is 1.52. The van der Waals surface area contributed by atoms with Crippen LogP contribution in [0.15, 0.2) is 10.2 Å². The van der Waals surface area contributed by atoms with Gasteiger partial charge < -0.3 is 0 Å². The number of nitrogens with zero attached hydrogens (tertiary/aromatic N) is 2. The lowest BCUT2D eigenvalue weighted by molar-refractivity contribution is 0.312. The highest BCUT2D eigenvalue weighted by atomic mass is 15.2. The molecule has 0 aromatic rings. The third-order valence-corrected chi connectivity index (χ3v) is 2.58. The molecule has 0 aliphatic carbocycles. The van der Waals surface area contributed by atoms with Crippen LogP contribution in [0.3, 0.4) is 0 Å². The van der Waals surface area contributed by atoms with E-state index in [9.17, 15) is 0 Å². The van der Waals surface area contributed by atoms with E-state index in [4.69, 9.17) is 0 Å². The lowest BCUT2D eigenvalue weighted by Crippen LogP contribution is -2.31. The summed E-state index contributed by atoms with van der Waals surface area (Å²) < 4.78 is 0. The number of azo groups is 1. The predicted molar refractivity (Wildman–Crippen MR) is 46.8 cm³/mol. The minimum Gasteiger partial charge on any atom is -0.187 e. The van der Waals surface area contributed by atoms with Gasteiger partial charge in [0.2, 0.25) is 0 Å². The standard InChI is InChI=1S/C9H18N2/c1-7(2)9(5)6-8(3,4)10-11-9/h7H,6H2,1-5H3. The minimum atomic E-state index is 0.0685. The van der Waals surface area contributed by atoms with Crippen molar-refractivity contribution < 1.29 is 0 Å². The fraction of sp³-hybridized carbons (Fsp3) is 1.00. The highest BCUT2D eigenvalue weighted by Crippen LogP contribution is 2.39. The molecule has 2 heteroatoms. The molecule has 1 aliphatic rings. The Kier molecular flexibility index (Phi) is 1.81. The van der Waals surface area contributed by atoms with Crippen molar-refractivity contribution in [2.75, 3.05) is 0 Å². The van der Waals surface area contributed by atoms with Gasteiger partial charge in [0.15, 0.2) is 0 Å². The maximum absolute atomic E-state index is 4.34. The lowest BCUT2D eigenvalue weighted by atomic mass is 9.81. The van der Waals surface area contributed by atoms with Crippen LogP contribution < -0.4 is 0 Å². The Balaban J connectivity index is 2.76. The molecule has 0 radical (unpaired) electrons. The van der Waals surface area contributed by atoms with Gasteiger partial charge in [0, 0.05) is 6.42 Å². The van der Waals surface area contributed by atoms with E-state index in [-0.39, 0.29) is 11.1 Å². The fourth-order valence-corrected chi connectivity index (χ4v) is 1.52. The summed E-state index contributed by atoms with van der Waals surface area (Å²) in [4.78, 5) is 0. The molecule has 1 atom stereocenters. The molecule has 0 bridgehead atoms. The SMILES string of the molecule is CC(C)C1(C)CC(C)(C)N=N1. The summed E-state index contributed by atoms with van der Waals surface area (Å²) in [6.07, 6.45) is 1.08. The summed E-state index contributed by atoms with van der Waals surface area (Å²) >= 11 is 0. The second-order valence-electron chi connectivity index (χ2n) is 4.70. The zero-order valence-electron chi connectivity index (χ0n) is 8.18. The summed E-state index contributed by atoms with van der Waals surface area (Å²) in [5, 5.41) is 8.61. The largest absolute Gasteiger partial charge is 0.187 e. The molecule has 64 valence electrons. The third kappa shape index (κ3) is 1.60. The van der Waals surface area contributed by atoms with Crippen LogP contribution in [-0.4, -0.2) is 11.1 Å². The summed E-state index contributed by atoms with van der Waals surface area (Å²) in [5.41, 5.74) is 0.155. The molecule has 1 heterocycles. The molecule has 0 aromatic carbocycles. The number of rotatable bonds is 1. The van der Waals surface area contributed by atoms with Crippen LogP contribution in [0.2, 0.25) is 0 Å². The van der Waals surface area contributed by atoms with Crippen LogP contribution in [-0.2, 0) is 0 Å². The smallest absolute Gasteiger partial charge is 0.0834 e. The van der Waals surface area contributed by atoms with Crippen LogP contribution in [0.5, 0.6) is 0 Å². The average molecular weight is 154 g/mol. The van der Waals surface area contributed by atoms with E-state index < -0.39 is 0 Å². The van der Waals surface area contributed by atoms with Gasteiger partial charge in [-0.2, -0.15) is 10.2 Å². The quantitative estimate of drug-likeness (QED) is 0.554. The first kappa shape index (κ1) is 8.69. The van der Waals surface area contributed by atoms with Gasteiger partial charge in [-0.1, -0.05) is 13.8 Å². The van der Waals surface area contributed by atoms with Gasteiger partial charge in [0.25, 0.3) is 0 Å². The Morgan fingerprint density at radius 2 is 1.64 bits per heavy atom. The summed E-state index contributed by atoms with van der Waals surface area (Å²) in [5.74, 6) is 0.591. The molecular formula is C9H18N2. The van der Waals surface area contributed by atoms with Crippen LogP contribution in [0.25, 0.3) is 0 Å². The van der Waals surface area contributed by atoms with Gasteiger partial charge in [0.1, 0.15) is 0 Å². The maximum atomic E-state index is 4.34. The van der Waals surface area contributed by atoms with E-state index in [0.29, 0.717) is 5.92 Å². The first-order valence-corrected chi connectivity index (χ1v) is 4.30. The van der Waals surface area contributed by atoms with E-state index in [1.54, 1.807) is 0 Å².